The molecule has 2 heterocycles. The van der Waals surface area contributed by atoms with E-state index in [1.54, 1.807) is 0 Å². The molecule has 1 saturated heterocycles. The van der Waals surface area contributed by atoms with E-state index < -0.39 is 10.5 Å². The number of hydrogen-bond acceptors (Lipinski definition) is 4. The Morgan fingerprint density at radius 1 is 1.41 bits per heavy atom. The van der Waals surface area contributed by atoms with Gasteiger partial charge in [0.15, 0.2) is 4.87 Å². The van der Waals surface area contributed by atoms with E-state index in [1.807, 2.05) is 17.2 Å². The molecule has 22 heavy (non-hydrogen) atoms. The Bertz CT molecular complexity index is 688. The summed E-state index contributed by atoms with van der Waals surface area (Å²) in [7, 11) is 1.42. The molecular weight excluding hydrogens is 302 g/mol. The van der Waals surface area contributed by atoms with Gasteiger partial charge in [-0.15, -0.1) is 11.6 Å². The highest BCUT2D eigenvalue weighted by atomic mass is 35.5. The average Bonchev–Trinajstić information content (AvgIpc) is 3.42. The van der Waals surface area contributed by atoms with E-state index in [2.05, 4.69) is 12.1 Å². The maximum absolute atomic E-state index is 12.7. The smallest absolute Gasteiger partial charge is 0.332 e. The minimum Gasteiger partial charge on any atom is -0.468 e. The summed E-state index contributed by atoms with van der Waals surface area (Å²) in [4.78, 5) is 17.9. The molecular formula is C17H18ClNO3. The fraction of sp³-hybridized carbons (Fsp3) is 0.588. The Kier molecular flexibility index (Phi) is 2.34. The fourth-order valence-corrected chi connectivity index (χ4v) is 5.38. The van der Waals surface area contributed by atoms with Crippen LogP contribution in [-0.2, 0) is 20.8 Å². The minimum atomic E-state index is -1.14. The Morgan fingerprint density at radius 3 is 2.86 bits per heavy atom. The number of fused-ring (bicyclic) bond motifs is 4. The molecule has 0 amide bonds. The molecule has 4 nitrogen and oxygen atoms in total. The Hall–Kier alpha value is -1.10. The molecule has 5 heteroatoms. The predicted octanol–water partition coefficient (Wildman–Crippen LogP) is 2.60. The standard InChI is InChI=1S/C17H18ClNO3/c1-21-14(20)17(18)13-12-5-3-2-4-11(12)6-9-19(13)22-16(17)10-15(16)7-8-15/h2-5,13H,6-10H2,1H3/t13-,16?,17+/m0/s1. The first-order valence-corrected chi connectivity index (χ1v) is 8.27. The van der Waals surface area contributed by atoms with Crippen molar-refractivity contribution in [1.82, 2.24) is 5.06 Å². The normalized spacial score (nSPS) is 40.4. The van der Waals surface area contributed by atoms with Crippen LogP contribution in [-0.4, -0.2) is 35.2 Å². The van der Waals surface area contributed by atoms with E-state index >= 15 is 0 Å². The summed E-state index contributed by atoms with van der Waals surface area (Å²) in [5, 5.41) is 1.94. The van der Waals surface area contributed by atoms with Gasteiger partial charge in [0, 0.05) is 12.0 Å². The van der Waals surface area contributed by atoms with E-state index in [9.17, 15) is 4.79 Å². The topological polar surface area (TPSA) is 38.8 Å². The number of methoxy groups -OCH3 is 1. The number of rotatable bonds is 1. The summed E-state index contributed by atoms with van der Waals surface area (Å²) >= 11 is 7.06. The number of carbonyl (C=O) groups excluding carboxylic acids is 1. The Labute approximate surface area is 134 Å². The van der Waals surface area contributed by atoms with Crippen molar-refractivity contribution < 1.29 is 14.4 Å². The Balaban J connectivity index is 1.70. The number of benzene rings is 1. The largest absolute Gasteiger partial charge is 0.468 e. The van der Waals surface area contributed by atoms with Gasteiger partial charge in [-0.1, -0.05) is 24.3 Å². The molecule has 2 saturated carbocycles. The monoisotopic (exact) mass is 319 g/mol. The van der Waals surface area contributed by atoms with Crippen LogP contribution in [0.2, 0.25) is 0 Å². The second-order valence-corrected chi connectivity index (χ2v) is 7.67. The Morgan fingerprint density at radius 2 is 2.18 bits per heavy atom. The number of ether oxygens (including phenoxy) is 1. The summed E-state index contributed by atoms with van der Waals surface area (Å²) in [5.41, 5.74) is 1.89. The lowest BCUT2D eigenvalue weighted by Crippen LogP contribution is -2.50. The lowest BCUT2D eigenvalue weighted by Gasteiger charge is -2.35. The van der Waals surface area contributed by atoms with Crippen molar-refractivity contribution in [2.24, 2.45) is 5.41 Å². The van der Waals surface area contributed by atoms with Crippen molar-refractivity contribution in [2.75, 3.05) is 13.7 Å². The van der Waals surface area contributed by atoms with Crippen LogP contribution in [0.4, 0.5) is 0 Å². The number of nitrogens with zero attached hydrogens (tertiary/aromatic N) is 1. The maximum atomic E-state index is 12.7. The highest BCUT2D eigenvalue weighted by Gasteiger charge is 2.90. The van der Waals surface area contributed by atoms with Crippen molar-refractivity contribution in [2.45, 2.75) is 42.2 Å². The zero-order valence-corrected chi connectivity index (χ0v) is 13.2. The van der Waals surface area contributed by atoms with Gasteiger partial charge in [-0.3, -0.25) is 4.84 Å². The summed E-state index contributed by atoms with van der Waals surface area (Å²) in [6.07, 6.45) is 3.99. The van der Waals surface area contributed by atoms with Crippen LogP contribution in [0.1, 0.15) is 36.4 Å². The molecule has 5 rings (SSSR count). The zero-order valence-electron chi connectivity index (χ0n) is 12.5. The number of hydroxylamine groups is 2. The van der Waals surface area contributed by atoms with Crippen LogP contribution in [0.25, 0.3) is 0 Å². The molecule has 0 radical (unpaired) electrons. The van der Waals surface area contributed by atoms with Gasteiger partial charge >= 0.3 is 5.97 Å². The molecule has 0 aromatic heterocycles. The van der Waals surface area contributed by atoms with E-state index in [4.69, 9.17) is 21.2 Å². The van der Waals surface area contributed by atoms with Gasteiger partial charge in [0.2, 0.25) is 0 Å². The molecule has 1 unspecified atom stereocenters. The van der Waals surface area contributed by atoms with Crippen LogP contribution in [0.5, 0.6) is 0 Å². The first-order valence-electron chi connectivity index (χ1n) is 7.89. The van der Waals surface area contributed by atoms with Gasteiger partial charge in [-0.2, -0.15) is 5.06 Å². The minimum absolute atomic E-state index is 0.106. The van der Waals surface area contributed by atoms with Crippen molar-refractivity contribution in [3.05, 3.63) is 35.4 Å². The molecule has 0 N–H and O–H groups in total. The first kappa shape index (κ1) is 13.3. The molecule has 0 bridgehead atoms. The second-order valence-electron chi connectivity index (χ2n) is 7.07. The van der Waals surface area contributed by atoms with Crippen LogP contribution < -0.4 is 0 Å². The van der Waals surface area contributed by atoms with E-state index in [0.717, 1.165) is 37.8 Å². The van der Waals surface area contributed by atoms with Gasteiger partial charge in [-0.05, 0) is 36.8 Å². The maximum Gasteiger partial charge on any atom is 0.332 e. The molecule has 1 aromatic rings. The van der Waals surface area contributed by atoms with Gasteiger partial charge in [0.1, 0.15) is 5.60 Å². The summed E-state index contributed by atoms with van der Waals surface area (Å²) in [6, 6.07) is 7.96. The van der Waals surface area contributed by atoms with Gasteiger partial charge in [0.05, 0.1) is 13.2 Å². The number of esters is 1. The van der Waals surface area contributed by atoms with Gasteiger partial charge in [-0.25, -0.2) is 4.79 Å². The molecule has 3 atom stereocenters. The van der Waals surface area contributed by atoms with E-state index in [0.29, 0.717) is 0 Å². The molecule has 2 aliphatic carbocycles. The van der Waals surface area contributed by atoms with E-state index in [1.165, 1.54) is 12.7 Å². The van der Waals surface area contributed by atoms with Crippen LogP contribution >= 0.6 is 11.6 Å². The summed E-state index contributed by atoms with van der Waals surface area (Å²) in [6.45, 7) is 0.769. The lowest BCUT2D eigenvalue weighted by molar-refractivity contribution is -0.182. The van der Waals surface area contributed by atoms with Crippen LogP contribution in [0.3, 0.4) is 0 Å². The second kappa shape index (κ2) is 3.86. The van der Waals surface area contributed by atoms with Crippen LogP contribution in [0.15, 0.2) is 24.3 Å². The third-order valence-electron chi connectivity index (χ3n) is 6.13. The van der Waals surface area contributed by atoms with Crippen molar-refractivity contribution in [3.63, 3.8) is 0 Å². The number of carbonyl (C=O) groups is 1. The van der Waals surface area contributed by atoms with Crippen LogP contribution in [0, 0.1) is 5.41 Å². The third kappa shape index (κ3) is 1.28. The third-order valence-corrected chi connectivity index (χ3v) is 6.80. The number of alkyl halides is 1. The fourth-order valence-electron chi connectivity index (χ4n) is 4.77. The first-order chi connectivity index (χ1) is 10.6. The summed E-state index contributed by atoms with van der Waals surface area (Å²) in [5.74, 6) is -0.359. The highest BCUT2D eigenvalue weighted by Crippen LogP contribution is 2.83. The summed E-state index contributed by atoms with van der Waals surface area (Å²) < 4.78 is 5.12. The van der Waals surface area contributed by atoms with Gasteiger partial charge in [0.25, 0.3) is 0 Å². The number of halogens is 1. The zero-order chi connectivity index (χ0) is 15.2. The molecule has 2 aliphatic heterocycles. The van der Waals surface area contributed by atoms with Crippen molar-refractivity contribution in [1.29, 1.82) is 0 Å². The lowest BCUT2D eigenvalue weighted by atomic mass is 9.81. The van der Waals surface area contributed by atoms with Crippen molar-refractivity contribution in [3.8, 4) is 0 Å². The SMILES string of the molecule is COC(=O)[C@]1(Cl)[C@@H]2c3ccccc3CCN2OC12CC21CC1. The predicted molar refractivity (Wildman–Crippen MR) is 80.3 cm³/mol. The molecule has 2 spiro atoms. The number of hydrogen-bond donors (Lipinski definition) is 0. The van der Waals surface area contributed by atoms with E-state index in [-0.39, 0.29) is 17.4 Å². The van der Waals surface area contributed by atoms with Gasteiger partial charge < -0.3 is 4.74 Å². The average molecular weight is 320 g/mol. The quantitative estimate of drug-likeness (QED) is 0.589. The molecule has 4 aliphatic rings. The molecule has 1 aromatic carbocycles. The molecule has 116 valence electrons. The molecule has 3 fully saturated rings. The van der Waals surface area contributed by atoms with Crippen molar-refractivity contribution >= 4 is 17.6 Å². The highest BCUT2D eigenvalue weighted by molar-refractivity contribution is 6.36.